The van der Waals surface area contributed by atoms with Crippen LogP contribution < -0.4 is 11.1 Å². The van der Waals surface area contributed by atoms with Crippen LogP contribution in [-0.2, 0) is 0 Å². The molecule has 1 unspecified atom stereocenters. The van der Waals surface area contributed by atoms with Gasteiger partial charge in [-0.15, -0.1) is 0 Å². The Morgan fingerprint density at radius 1 is 1.50 bits per heavy atom. The highest BCUT2D eigenvalue weighted by Gasteiger charge is 2.09. The largest absolute Gasteiger partial charge is 0.399 e. The van der Waals surface area contributed by atoms with Crippen LogP contribution in [0, 0.1) is 0 Å². The molecular formula is C13H20N2O. The molecular weight excluding hydrogens is 200 g/mol. The molecule has 1 aromatic rings. The molecule has 1 atom stereocenters. The molecule has 0 saturated carbocycles. The van der Waals surface area contributed by atoms with Gasteiger partial charge < -0.3 is 11.1 Å². The molecule has 0 aliphatic rings. The molecule has 16 heavy (non-hydrogen) atoms. The smallest absolute Gasteiger partial charge is 0.251 e. The minimum atomic E-state index is -0.0455. The minimum Gasteiger partial charge on any atom is -0.399 e. The second-order valence-electron chi connectivity index (χ2n) is 4.14. The third-order valence-corrected chi connectivity index (χ3v) is 2.52. The van der Waals surface area contributed by atoms with Crippen molar-refractivity contribution >= 4 is 11.6 Å². The van der Waals surface area contributed by atoms with Crippen molar-refractivity contribution in [2.45, 2.75) is 39.2 Å². The van der Waals surface area contributed by atoms with E-state index in [9.17, 15) is 4.79 Å². The lowest BCUT2D eigenvalue weighted by Crippen LogP contribution is -2.32. The SMILES string of the molecule is CCCCC(C)NC(=O)c1cccc(N)c1. The van der Waals surface area contributed by atoms with Gasteiger partial charge in [0.2, 0.25) is 0 Å². The van der Waals surface area contributed by atoms with E-state index in [4.69, 9.17) is 5.73 Å². The van der Waals surface area contributed by atoms with E-state index in [0.29, 0.717) is 11.3 Å². The van der Waals surface area contributed by atoms with Gasteiger partial charge in [-0.25, -0.2) is 0 Å². The van der Waals surface area contributed by atoms with Gasteiger partial charge in [-0.05, 0) is 31.5 Å². The maximum Gasteiger partial charge on any atom is 0.251 e. The fourth-order valence-electron chi connectivity index (χ4n) is 1.57. The van der Waals surface area contributed by atoms with Gasteiger partial charge in [0.1, 0.15) is 0 Å². The van der Waals surface area contributed by atoms with E-state index < -0.39 is 0 Å². The zero-order valence-corrected chi connectivity index (χ0v) is 9.99. The van der Waals surface area contributed by atoms with Crippen LogP contribution in [-0.4, -0.2) is 11.9 Å². The van der Waals surface area contributed by atoms with Crippen molar-refractivity contribution < 1.29 is 4.79 Å². The second kappa shape index (κ2) is 6.16. The molecule has 1 amide bonds. The van der Waals surface area contributed by atoms with E-state index >= 15 is 0 Å². The average Bonchev–Trinajstić information content (AvgIpc) is 2.26. The highest BCUT2D eigenvalue weighted by atomic mass is 16.1. The van der Waals surface area contributed by atoms with Gasteiger partial charge in [-0.3, -0.25) is 4.79 Å². The number of nitrogen functional groups attached to an aromatic ring is 1. The van der Waals surface area contributed by atoms with Gasteiger partial charge in [-0.2, -0.15) is 0 Å². The topological polar surface area (TPSA) is 55.1 Å². The lowest BCUT2D eigenvalue weighted by molar-refractivity contribution is 0.0938. The number of carbonyl (C=O) groups excluding carboxylic acids is 1. The van der Waals surface area contributed by atoms with Gasteiger partial charge in [-0.1, -0.05) is 25.8 Å². The molecule has 0 radical (unpaired) electrons. The predicted molar refractivity (Wildman–Crippen MR) is 67.3 cm³/mol. The first-order chi connectivity index (χ1) is 7.63. The summed E-state index contributed by atoms with van der Waals surface area (Å²) in [4.78, 5) is 11.8. The third kappa shape index (κ3) is 3.93. The van der Waals surface area contributed by atoms with E-state index in [0.717, 1.165) is 19.3 Å². The van der Waals surface area contributed by atoms with Gasteiger partial charge in [0.05, 0.1) is 0 Å². The Balaban J connectivity index is 2.52. The van der Waals surface area contributed by atoms with Crippen LogP contribution in [0.3, 0.4) is 0 Å². The average molecular weight is 220 g/mol. The van der Waals surface area contributed by atoms with Crippen LogP contribution in [0.15, 0.2) is 24.3 Å². The van der Waals surface area contributed by atoms with Crippen molar-refractivity contribution in [2.24, 2.45) is 0 Å². The number of hydrogen-bond donors (Lipinski definition) is 2. The molecule has 0 aliphatic heterocycles. The number of unbranched alkanes of at least 4 members (excludes halogenated alkanes) is 1. The zero-order valence-electron chi connectivity index (χ0n) is 9.99. The summed E-state index contributed by atoms with van der Waals surface area (Å²) in [6.07, 6.45) is 3.31. The zero-order chi connectivity index (χ0) is 12.0. The van der Waals surface area contributed by atoms with Crippen molar-refractivity contribution in [3.05, 3.63) is 29.8 Å². The fraction of sp³-hybridized carbons (Fsp3) is 0.462. The van der Waals surface area contributed by atoms with Crippen molar-refractivity contribution in [1.29, 1.82) is 0 Å². The van der Waals surface area contributed by atoms with Gasteiger partial charge in [0.25, 0.3) is 5.91 Å². The van der Waals surface area contributed by atoms with Gasteiger partial charge in [0.15, 0.2) is 0 Å². The van der Waals surface area contributed by atoms with Crippen LogP contribution in [0.25, 0.3) is 0 Å². The third-order valence-electron chi connectivity index (χ3n) is 2.52. The lowest BCUT2D eigenvalue weighted by Gasteiger charge is -2.13. The van der Waals surface area contributed by atoms with E-state index in [1.165, 1.54) is 0 Å². The summed E-state index contributed by atoms with van der Waals surface area (Å²) in [7, 11) is 0. The summed E-state index contributed by atoms with van der Waals surface area (Å²) < 4.78 is 0. The molecule has 0 aliphatic carbocycles. The molecule has 0 bridgehead atoms. The highest BCUT2D eigenvalue weighted by molar-refractivity contribution is 5.95. The number of hydrogen-bond acceptors (Lipinski definition) is 2. The number of benzene rings is 1. The Morgan fingerprint density at radius 2 is 2.25 bits per heavy atom. The van der Waals surface area contributed by atoms with E-state index in [-0.39, 0.29) is 11.9 Å². The lowest BCUT2D eigenvalue weighted by atomic mass is 10.1. The molecule has 3 N–H and O–H groups in total. The molecule has 0 heterocycles. The number of carbonyl (C=O) groups is 1. The van der Waals surface area contributed by atoms with Crippen molar-refractivity contribution in [3.8, 4) is 0 Å². The molecule has 0 fully saturated rings. The Morgan fingerprint density at radius 3 is 2.88 bits per heavy atom. The van der Waals surface area contributed by atoms with Crippen LogP contribution in [0.4, 0.5) is 5.69 Å². The minimum absolute atomic E-state index is 0.0455. The number of nitrogens with one attached hydrogen (secondary N) is 1. The Labute approximate surface area is 97.0 Å². The van der Waals surface area contributed by atoms with Crippen LogP contribution in [0.2, 0.25) is 0 Å². The summed E-state index contributed by atoms with van der Waals surface area (Å²) in [6.45, 7) is 4.17. The van der Waals surface area contributed by atoms with Crippen molar-refractivity contribution in [2.75, 3.05) is 5.73 Å². The molecule has 1 aromatic carbocycles. The number of amides is 1. The molecule has 0 aromatic heterocycles. The van der Waals surface area contributed by atoms with Crippen molar-refractivity contribution in [1.82, 2.24) is 5.32 Å². The molecule has 0 saturated heterocycles. The van der Waals surface area contributed by atoms with Crippen LogP contribution >= 0.6 is 0 Å². The van der Waals surface area contributed by atoms with Gasteiger partial charge >= 0.3 is 0 Å². The predicted octanol–water partition coefficient (Wildman–Crippen LogP) is 2.58. The standard InChI is InChI=1S/C13H20N2O/c1-3-4-6-10(2)15-13(16)11-7-5-8-12(14)9-11/h5,7-10H,3-4,6,14H2,1-2H3,(H,15,16). The van der Waals surface area contributed by atoms with E-state index in [2.05, 4.69) is 12.2 Å². The first-order valence-corrected chi connectivity index (χ1v) is 5.80. The fourth-order valence-corrected chi connectivity index (χ4v) is 1.57. The summed E-state index contributed by atoms with van der Waals surface area (Å²) in [5.74, 6) is -0.0455. The highest BCUT2D eigenvalue weighted by Crippen LogP contribution is 2.07. The molecule has 3 nitrogen and oxygen atoms in total. The Bertz CT molecular complexity index is 350. The van der Waals surface area contributed by atoms with Gasteiger partial charge in [0, 0.05) is 17.3 Å². The first kappa shape index (κ1) is 12.6. The quantitative estimate of drug-likeness (QED) is 0.749. The van der Waals surface area contributed by atoms with E-state index in [1.54, 1.807) is 24.3 Å². The summed E-state index contributed by atoms with van der Waals surface area (Å²) in [6, 6.07) is 7.26. The molecule has 88 valence electrons. The molecule has 3 heteroatoms. The number of anilines is 1. The number of rotatable bonds is 5. The maximum absolute atomic E-state index is 11.8. The Hall–Kier alpha value is -1.51. The normalized spacial score (nSPS) is 12.1. The first-order valence-electron chi connectivity index (χ1n) is 5.80. The monoisotopic (exact) mass is 220 g/mol. The van der Waals surface area contributed by atoms with E-state index in [1.807, 2.05) is 6.92 Å². The summed E-state index contributed by atoms with van der Waals surface area (Å²) in [5, 5.41) is 2.96. The van der Waals surface area contributed by atoms with Crippen LogP contribution in [0.5, 0.6) is 0 Å². The second-order valence-corrected chi connectivity index (χ2v) is 4.14. The summed E-state index contributed by atoms with van der Waals surface area (Å²) in [5.41, 5.74) is 6.87. The number of nitrogens with two attached hydrogens (primary N) is 1. The molecule has 0 spiro atoms. The van der Waals surface area contributed by atoms with Crippen LogP contribution in [0.1, 0.15) is 43.5 Å². The molecule has 1 rings (SSSR count). The Kier molecular flexibility index (Phi) is 4.83. The van der Waals surface area contributed by atoms with Crippen molar-refractivity contribution in [3.63, 3.8) is 0 Å². The maximum atomic E-state index is 11.8. The summed E-state index contributed by atoms with van der Waals surface area (Å²) >= 11 is 0.